The Bertz CT molecular complexity index is 731. The van der Waals surface area contributed by atoms with Crippen molar-refractivity contribution >= 4 is 21.7 Å². The van der Waals surface area contributed by atoms with Gasteiger partial charge in [0, 0.05) is 26.7 Å². The summed E-state index contributed by atoms with van der Waals surface area (Å²) in [5.41, 5.74) is 1.90. The fraction of sp³-hybridized carbons (Fsp3) is 0.526. The van der Waals surface area contributed by atoms with E-state index in [9.17, 15) is 8.42 Å². The van der Waals surface area contributed by atoms with E-state index in [-0.39, 0.29) is 12.3 Å². The highest BCUT2D eigenvalue weighted by molar-refractivity contribution is 7.92. The van der Waals surface area contributed by atoms with Crippen molar-refractivity contribution in [2.24, 2.45) is 4.99 Å². The standard InChI is InChI=1S/C19H30N4O2S/c1-4-6-9-14-22(3)19(20-5-2)21-13-16-26(24,25)23-15-12-17-10-7-8-11-18(17)23/h4,7-8,10-11H,1,5-6,9,12-16H2,2-3H3,(H,20,21). The number of hydrogen-bond acceptors (Lipinski definition) is 3. The Hall–Kier alpha value is -2.02. The molecule has 0 spiro atoms. The van der Waals surface area contributed by atoms with Crippen LogP contribution in [0, 0.1) is 0 Å². The monoisotopic (exact) mass is 378 g/mol. The van der Waals surface area contributed by atoms with Crippen LogP contribution in [-0.4, -0.2) is 58.3 Å². The number of sulfonamides is 1. The lowest BCUT2D eigenvalue weighted by atomic mass is 10.2. The first kappa shape index (κ1) is 20.3. The molecule has 0 aromatic heterocycles. The van der Waals surface area contributed by atoms with E-state index in [2.05, 4.69) is 16.9 Å². The number of hydrogen-bond donors (Lipinski definition) is 1. The number of rotatable bonds is 9. The van der Waals surface area contributed by atoms with E-state index in [1.807, 2.05) is 49.2 Å². The summed E-state index contributed by atoms with van der Waals surface area (Å²) in [7, 11) is -1.40. The number of para-hydroxylation sites is 1. The second-order valence-corrected chi connectivity index (χ2v) is 8.37. The van der Waals surface area contributed by atoms with Gasteiger partial charge in [-0.2, -0.15) is 0 Å². The number of guanidine groups is 1. The van der Waals surface area contributed by atoms with Gasteiger partial charge in [0.25, 0.3) is 0 Å². The van der Waals surface area contributed by atoms with Gasteiger partial charge in [0.15, 0.2) is 5.96 Å². The highest BCUT2D eigenvalue weighted by atomic mass is 32.2. The molecule has 1 aliphatic heterocycles. The predicted molar refractivity (Wildman–Crippen MR) is 109 cm³/mol. The van der Waals surface area contributed by atoms with Crippen LogP contribution in [0.3, 0.4) is 0 Å². The molecule has 7 heteroatoms. The Balaban J connectivity index is 1.98. The minimum absolute atomic E-state index is 0.0106. The van der Waals surface area contributed by atoms with Gasteiger partial charge in [-0.25, -0.2) is 8.42 Å². The van der Waals surface area contributed by atoms with Gasteiger partial charge in [-0.05, 0) is 37.8 Å². The highest BCUT2D eigenvalue weighted by Crippen LogP contribution is 2.29. The zero-order chi connectivity index (χ0) is 19.0. The Morgan fingerprint density at radius 1 is 1.42 bits per heavy atom. The van der Waals surface area contributed by atoms with E-state index in [4.69, 9.17) is 0 Å². The Morgan fingerprint density at radius 3 is 2.92 bits per heavy atom. The Labute approximate surface area is 157 Å². The van der Waals surface area contributed by atoms with Gasteiger partial charge in [-0.15, -0.1) is 6.58 Å². The van der Waals surface area contributed by atoms with Crippen LogP contribution >= 0.6 is 0 Å². The first-order valence-electron chi connectivity index (χ1n) is 9.18. The molecule has 6 nitrogen and oxygen atoms in total. The lowest BCUT2D eigenvalue weighted by Crippen LogP contribution is -2.40. The number of anilines is 1. The van der Waals surface area contributed by atoms with Crippen LogP contribution in [0.4, 0.5) is 5.69 Å². The number of allylic oxidation sites excluding steroid dienone is 1. The van der Waals surface area contributed by atoms with Crippen LogP contribution < -0.4 is 9.62 Å². The predicted octanol–water partition coefficient (Wildman–Crippen LogP) is 2.24. The summed E-state index contributed by atoms with van der Waals surface area (Å²) in [6.45, 7) is 8.10. The van der Waals surface area contributed by atoms with Gasteiger partial charge in [0.05, 0.1) is 18.0 Å². The average Bonchev–Trinajstić information content (AvgIpc) is 3.06. The molecule has 0 saturated heterocycles. The molecule has 0 atom stereocenters. The fourth-order valence-electron chi connectivity index (χ4n) is 3.02. The summed E-state index contributed by atoms with van der Waals surface area (Å²) >= 11 is 0. The molecule has 1 aliphatic rings. The van der Waals surface area contributed by atoms with Crippen molar-refractivity contribution < 1.29 is 8.42 Å². The van der Waals surface area contributed by atoms with E-state index < -0.39 is 10.0 Å². The molecule has 144 valence electrons. The topological polar surface area (TPSA) is 65.0 Å². The van der Waals surface area contributed by atoms with E-state index >= 15 is 0 Å². The van der Waals surface area contributed by atoms with Gasteiger partial charge < -0.3 is 10.2 Å². The number of nitrogens with zero attached hydrogens (tertiary/aromatic N) is 3. The molecule has 0 aliphatic carbocycles. The molecule has 1 aromatic carbocycles. The summed E-state index contributed by atoms with van der Waals surface area (Å²) < 4.78 is 27.0. The minimum atomic E-state index is -3.36. The van der Waals surface area contributed by atoms with E-state index in [0.29, 0.717) is 6.54 Å². The Morgan fingerprint density at radius 2 is 2.19 bits per heavy atom. The molecule has 1 N–H and O–H groups in total. The van der Waals surface area contributed by atoms with Crippen molar-refractivity contribution in [3.63, 3.8) is 0 Å². The lowest BCUT2D eigenvalue weighted by molar-refractivity contribution is 0.470. The number of unbranched alkanes of at least 4 members (excludes halogenated alkanes) is 1. The molecule has 0 radical (unpaired) electrons. The highest BCUT2D eigenvalue weighted by Gasteiger charge is 2.28. The Kier molecular flexibility index (Phi) is 7.50. The summed E-state index contributed by atoms with van der Waals surface area (Å²) in [6, 6.07) is 7.70. The van der Waals surface area contributed by atoms with Gasteiger partial charge in [0.2, 0.25) is 10.0 Å². The normalized spacial score (nSPS) is 14.2. The molecule has 26 heavy (non-hydrogen) atoms. The molecule has 0 bridgehead atoms. The van der Waals surface area contributed by atoms with Crippen molar-refractivity contribution in [3.8, 4) is 0 Å². The van der Waals surface area contributed by atoms with Crippen LogP contribution in [-0.2, 0) is 16.4 Å². The zero-order valence-corrected chi connectivity index (χ0v) is 16.6. The second kappa shape index (κ2) is 9.62. The van der Waals surface area contributed by atoms with Crippen LogP contribution in [0.2, 0.25) is 0 Å². The minimum Gasteiger partial charge on any atom is -0.357 e. The SMILES string of the molecule is C=CCCCN(C)C(=NCCS(=O)(=O)N1CCc2ccccc21)NCC. The van der Waals surface area contributed by atoms with Gasteiger partial charge in [-0.1, -0.05) is 24.3 Å². The third-order valence-corrected chi connectivity index (χ3v) is 6.14. The lowest BCUT2D eigenvalue weighted by Gasteiger charge is -2.22. The summed E-state index contributed by atoms with van der Waals surface area (Å²) in [6.07, 6.45) is 4.62. The fourth-order valence-corrected chi connectivity index (χ4v) is 4.41. The third kappa shape index (κ3) is 5.24. The average molecular weight is 379 g/mol. The number of benzene rings is 1. The number of fused-ring (bicyclic) bond motifs is 1. The van der Waals surface area contributed by atoms with Crippen molar-refractivity contribution in [2.75, 3.05) is 43.3 Å². The molecular formula is C19H30N4O2S. The van der Waals surface area contributed by atoms with Crippen LogP contribution in [0.1, 0.15) is 25.3 Å². The van der Waals surface area contributed by atoms with E-state index in [1.54, 1.807) is 0 Å². The van der Waals surface area contributed by atoms with Crippen LogP contribution in [0.25, 0.3) is 0 Å². The molecule has 0 saturated carbocycles. The quantitative estimate of drug-likeness (QED) is 0.310. The largest absolute Gasteiger partial charge is 0.357 e. The van der Waals surface area contributed by atoms with Gasteiger partial charge in [-0.3, -0.25) is 9.30 Å². The van der Waals surface area contributed by atoms with Crippen molar-refractivity contribution in [1.29, 1.82) is 0 Å². The second-order valence-electron chi connectivity index (χ2n) is 6.35. The van der Waals surface area contributed by atoms with Crippen LogP contribution in [0.15, 0.2) is 41.9 Å². The van der Waals surface area contributed by atoms with Crippen molar-refractivity contribution in [2.45, 2.75) is 26.2 Å². The molecule has 0 fully saturated rings. The van der Waals surface area contributed by atoms with E-state index in [1.165, 1.54) is 4.31 Å². The van der Waals surface area contributed by atoms with Crippen molar-refractivity contribution in [3.05, 3.63) is 42.5 Å². The van der Waals surface area contributed by atoms with Gasteiger partial charge >= 0.3 is 0 Å². The smallest absolute Gasteiger partial charge is 0.237 e. The summed E-state index contributed by atoms with van der Waals surface area (Å²) in [5, 5.41) is 3.22. The summed E-state index contributed by atoms with van der Waals surface area (Å²) in [4.78, 5) is 6.54. The first-order valence-corrected chi connectivity index (χ1v) is 10.8. The first-order chi connectivity index (χ1) is 12.5. The van der Waals surface area contributed by atoms with Crippen LogP contribution in [0.5, 0.6) is 0 Å². The maximum Gasteiger partial charge on any atom is 0.237 e. The molecule has 1 heterocycles. The van der Waals surface area contributed by atoms with E-state index in [0.717, 1.165) is 49.6 Å². The molecular weight excluding hydrogens is 348 g/mol. The van der Waals surface area contributed by atoms with Crippen molar-refractivity contribution in [1.82, 2.24) is 10.2 Å². The van der Waals surface area contributed by atoms with Gasteiger partial charge in [0.1, 0.15) is 0 Å². The third-order valence-electron chi connectivity index (χ3n) is 4.39. The maximum atomic E-state index is 12.7. The molecule has 0 unspecified atom stereocenters. The molecule has 1 aromatic rings. The molecule has 0 amide bonds. The number of aliphatic imine (C=N–C) groups is 1. The maximum absolute atomic E-state index is 12.7. The zero-order valence-electron chi connectivity index (χ0n) is 15.8. The summed E-state index contributed by atoms with van der Waals surface area (Å²) in [5.74, 6) is 0.755. The molecule has 2 rings (SSSR count). The number of nitrogens with one attached hydrogen (secondary N) is 1.